The van der Waals surface area contributed by atoms with Crippen molar-refractivity contribution in [1.82, 2.24) is 4.98 Å². The maximum absolute atomic E-state index is 13.3. The Kier molecular flexibility index (Phi) is 2.79. The predicted molar refractivity (Wildman–Crippen MR) is 49.5 cm³/mol. The first-order chi connectivity index (χ1) is 8.00. The number of pyridine rings is 1. The highest BCUT2D eigenvalue weighted by molar-refractivity contribution is 5.60. The van der Waals surface area contributed by atoms with Gasteiger partial charge in [0.05, 0.1) is 5.69 Å². The van der Waals surface area contributed by atoms with Crippen LogP contribution in [0.5, 0.6) is 0 Å². The van der Waals surface area contributed by atoms with Crippen molar-refractivity contribution in [3.63, 3.8) is 0 Å². The van der Waals surface area contributed by atoms with Crippen LogP contribution in [0.3, 0.4) is 0 Å². The Balaban J connectivity index is 2.68. The first-order valence-corrected chi connectivity index (χ1v) is 4.46. The normalized spacial score (nSPS) is 10.6. The van der Waals surface area contributed by atoms with Crippen molar-refractivity contribution in [2.45, 2.75) is 0 Å². The van der Waals surface area contributed by atoms with Crippen LogP contribution in [0.1, 0.15) is 0 Å². The van der Waals surface area contributed by atoms with Crippen LogP contribution in [-0.4, -0.2) is 4.98 Å². The Morgan fingerprint density at radius 3 is 2.18 bits per heavy atom. The second-order valence-corrected chi connectivity index (χ2v) is 3.19. The number of aromatic nitrogens is 1. The highest BCUT2D eigenvalue weighted by Crippen LogP contribution is 2.26. The minimum Gasteiger partial charge on any atom is -0.220 e. The molecular weight excluding hydrogens is 241 g/mol. The largest absolute Gasteiger partial charge is 0.220 e. The van der Waals surface area contributed by atoms with Crippen molar-refractivity contribution in [2.24, 2.45) is 0 Å². The molecule has 1 nitrogen and oxygen atoms in total. The van der Waals surface area contributed by atoms with E-state index in [1.54, 1.807) is 0 Å². The van der Waals surface area contributed by atoms with E-state index >= 15 is 0 Å². The predicted octanol–water partition coefficient (Wildman–Crippen LogP) is 3.44. The molecule has 17 heavy (non-hydrogen) atoms. The molecule has 0 saturated heterocycles. The summed E-state index contributed by atoms with van der Waals surface area (Å²) in [5.74, 6) is -7.98. The van der Waals surface area contributed by atoms with Gasteiger partial charge in [0.1, 0.15) is 0 Å². The quantitative estimate of drug-likeness (QED) is 0.324. The summed E-state index contributed by atoms with van der Waals surface area (Å²) in [5, 5.41) is 0. The molecule has 2 rings (SSSR count). The Labute approximate surface area is 92.5 Å². The van der Waals surface area contributed by atoms with Crippen molar-refractivity contribution in [3.05, 3.63) is 53.5 Å². The molecule has 0 bridgehead atoms. The van der Waals surface area contributed by atoms with Gasteiger partial charge in [-0.15, -0.1) is 0 Å². The second-order valence-electron chi connectivity index (χ2n) is 3.19. The molecule has 0 aliphatic rings. The molecule has 0 unspecified atom stereocenters. The van der Waals surface area contributed by atoms with Gasteiger partial charge in [-0.05, 0) is 18.2 Å². The summed E-state index contributed by atoms with van der Waals surface area (Å²) in [7, 11) is 0. The molecule has 6 heteroatoms. The number of nitrogens with zero attached hydrogens (tertiary/aromatic N) is 1. The third-order valence-electron chi connectivity index (χ3n) is 2.09. The lowest BCUT2D eigenvalue weighted by atomic mass is 10.1. The summed E-state index contributed by atoms with van der Waals surface area (Å²) in [5.41, 5.74) is -0.957. The summed E-state index contributed by atoms with van der Waals surface area (Å²) in [4.78, 5) is 3.25. The van der Waals surface area contributed by atoms with Crippen LogP contribution in [0.4, 0.5) is 22.0 Å². The van der Waals surface area contributed by atoms with Crippen LogP contribution in [0.25, 0.3) is 11.3 Å². The third kappa shape index (κ3) is 1.98. The van der Waals surface area contributed by atoms with Crippen LogP contribution in [0.15, 0.2) is 24.3 Å². The van der Waals surface area contributed by atoms with E-state index in [0.717, 1.165) is 12.1 Å². The molecule has 0 radical (unpaired) electrons. The lowest BCUT2D eigenvalue weighted by Gasteiger charge is -2.05. The number of halogens is 5. The average molecular weight is 245 g/mol. The summed E-state index contributed by atoms with van der Waals surface area (Å²) < 4.78 is 64.6. The van der Waals surface area contributed by atoms with Crippen LogP contribution < -0.4 is 0 Å². The van der Waals surface area contributed by atoms with Gasteiger partial charge in [-0.1, -0.05) is 6.07 Å². The van der Waals surface area contributed by atoms with Crippen LogP contribution >= 0.6 is 0 Å². The topological polar surface area (TPSA) is 12.9 Å². The highest BCUT2D eigenvalue weighted by Gasteiger charge is 2.20. The molecule has 0 spiro atoms. The standard InChI is InChI=1S/C11H4F5N/c12-6-4-5(9(14)11(16)10(6)15)7-2-1-3-8(13)17-7/h1-4H. The molecule has 1 aromatic carbocycles. The fourth-order valence-electron chi connectivity index (χ4n) is 1.32. The van der Waals surface area contributed by atoms with Gasteiger partial charge in [-0.3, -0.25) is 0 Å². The Bertz CT molecular complexity index is 582. The molecule has 0 N–H and O–H groups in total. The molecule has 88 valence electrons. The summed E-state index contributed by atoms with van der Waals surface area (Å²) in [6, 6.07) is 3.75. The molecule has 2 aromatic rings. The first kappa shape index (κ1) is 11.5. The van der Waals surface area contributed by atoms with Crippen molar-refractivity contribution in [1.29, 1.82) is 0 Å². The Morgan fingerprint density at radius 1 is 0.824 bits per heavy atom. The smallest absolute Gasteiger partial charge is 0.213 e. The third-order valence-corrected chi connectivity index (χ3v) is 2.09. The zero-order valence-corrected chi connectivity index (χ0v) is 8.15. The molecule has 0 amide bonds. The highest BCUT2D eigenvalue weighted by atomic mass is 19.2. The molecular formula is C11H4F5N. The number of hydrogen-bond donors (Lipinski definition) is 0. The van der Waals surface area contributed by atoms with Gasteiger partial charge < -0.3 is 0 Å². The van der Waals surface area contributed by atoms with Gasteiger partial charge in [0.15, 0.2) is 23.3 Å². The van der Waals surface area contributed by atoms with Gasteiger partial charge in [0, 0.05) is 5.56 Å². The monoisotopic (exact) mass is 245 g/mol. The number of benzene rings is 1. The maximum atomic E-state index is 13.3. The zero-order chi connectivity index (χ0) is 12.6. The van der Waals surface area contributed by atoms with Crippen LogP contribution in [0.2, 0.25) is 0 Å². The lowest BCUT2D eigenvalue weighted by Crippen LogP contribution is -2.00. The molecule has 0 aliphatic carbocycles. The molecule has 0 fully saturated rings. The lowest BCUT2D eigenvalue weighted by molar-refractivity contribution is 0.410. The van der Waals surface area contributed by atoms with Crippen molar-refractivity contribution in [2.75, 3.05) is 0 Å². The SMILES string of the molecule is Fc1cccc(-c2cc(F)c(F)c(F)c2F)n1. The Morgan fingerprint density at radius 2 is 1.53 bits per heavy atom. The maximum Gasteiger partial charge on any atom is 0.213 e. The van der Waals surface area contributed by atoms with E-state index in [9.17, 15) is 22.0 Å². The molecule has 0 aliphatic heterocycles. The summed E-state index contributed by atoms with van der Waals surface area (Å²) in [6.45, 7) is 0. The summed E-state index contributed by atoms with van der Waals surface area (Å²) >= 11 is 0. The van der Waals surface area contributed by atoms with Crippen molar-refractivity contribution in [3.8, 4) is 11.3 Å². The van der Waals surface area contributed by atoms with E-state index in [0.29, 0.717) is 6.07 Å². The zero-order valence-electron chi connectivity index (χ0n) is 8.15. The molecule has 0 atom stereocenters. The van der Waals surface area contributed by atoms with Crippen molar-refractivity contribution >= 4 is 0 Å². The average Bonchev–Trinajstić information content (AvgIpc) is 2.31. The van der Waals surface area contributed by atoms with Gasteiger partial charge in [0.25, 0.3) is 0 Å². The minimum absolute atomic E-state index is 0.319. The molecule has 1 heterocycles. The van der Waals surface area contributed by atoms with E-state index < -0.39 is 34.8 Å². The summed E-state index contributed by atoms with van der Waals surface area (Å²) in [6.07, 6.45) is 0. The van der Waals surface area contributed by atoms with Crippen molar-refractivity contribution < 1.29 is 22.0 Å². The van der Waals surface area contributed by atoms with E-state index in [-0.39, 0.29) is 5.69 Å². The van der Waals surface area contributed by atoms with E-state index in [1.165, 1.54) is 6.07 Å². The van der Waals surface area contributed by atoms with Crippen LogP contribution in [0, 0.1) is 29.2 Å². The van der Waals surface area contributed by atoms with Gasteiger partial charge in [-0.25, -0.2) is 22.5 Å². The Hall–Kier alpha value is -1.98. The van der Waals surface area contributed by atoms with E-state index in [1.807, 2.05) is 0 Å². The van der Waals surface area contributed by atoms with E-state index in [4.69, 9.17) is 0 Å². The van der Waals surface area contributed by atoms with Gasteiger partial charge >= 0.3 is 0 Å². The fraction of sp³-hybridized carbons (Fsp3) is 0. The van der Waals surface area contributed by atoms with Gasteiger partial charge in [0.2, 0.25) is 5.95 Å². The number of hydrogen-bond acceptors (Lipinski definition) is 1. The molecule has 1 aromatic heterocycles. The van der Waals surface area contributed by atoms with Crippen LogP contribution in [-0.2, 0) is 0 Å². The second kappa shape index (κ2) is 4.12. The minimum atomic E-state index is -1.95. The number of rotatable bonds is 1. The first-order valence-electron chi connectivity index (χ1n) is 4.46. The van der Waals surface area contributed by atoms with E-state index in [2.05, 4.69) is 4.98 Å². The van der Waals surface area contributed by atoms with Gasteiger partial charge in [-0.2, -0.15) is 4.39 Å². The molecule has 0 saturated carbocycles. The fourth-order valence-corrected chi connectivity index (χ4v) is 1.32.